The summed E-state index contributed by atoms with van der Waals surface area (Å²) < 4.78 is 0. The first-order valence-electron chi connectivity index (χ1n) is 9.48. The summed E-state index contributed by atoms with van der Waals surface area (Å²) in [5.41, 5.74) is 10.5. The number of fused-ring (bicyclic) bond motifs is 1. The summed E-state index contributed by atoms with van der Waals surface area (Å²) >= 11 is 6.61. The van der Waals surface area contributed by atoms with Gasteiger partial charge in [-0.25, -0.2) is 0 Å². The first-order valence-corrected chi connectivity index (χ1v) is 9.86. The number of hydrogen-bond donors (Lipinski definition) is 1. The molecule has 1 aliphatic carbocycles. The van der Waals surface area contributed by atoms with Gasteiger partial charge in [0.25, 0.3) is 5.91 Å². The van der Waals surface area contributed by atoms with Crippen LogP contribution in [0, 0.1) is 6.92 Å². The van der Waals surface area contributed by atoms with E-state index in [1.807, 2.05) is 36.1 Å². The Bertz CT molecular complexity index is 835. The lowest BCUT2D eigenvalue weighted by molar-refractivity contribution is 0.0435. The predicted molar refractivity (Wildman–Crippen MR) is 105 cm³/mol. The van der Waals surface area contributed by atoms with Crippen LogP contribution in [0.3, 0.4) is 0 Å². The van der Waals surface area contributed by atoms with Gasteiger partial charge in [-0.2, -0.15) is 0 Å². The van der Waals surface area contributed by atoms with Crippen molar-refractivity contribution in [3.8, 4) is 0 Å². The van der Waals surface area contributed by atoms with Crippen molar-refractivity contribution in [1.29, 1.82) is 0 Å². The van der Waals surface area contributed by atoms with E-state index in [1.54, 1.807) is 0 Å². The van der Waals surface area contributed by atoms with Gasteiger partial charge in [-0.05, 0) is 55.0 Å². The highest BCUT2D eigenvalue weighted by Crippen LogP contribution is 2.40. The molecule has 1 saturated carbocycles. The van der Waals surface area contributed by atoms with Crippen LogP contribution in [0.2, 0.25) is 5.02 Å². The molecule has 1 unspecified atom stereocenters. The Hall–Kier alpha value is -1.84. The molecule has 4 heteroatoms. The van der Waals surface area contributed by atoms with Crippen LogP contribution in [0.25, 0.3) is 0 Å². The van der Waals surface area contributed by atoms with Gasteiger partial charge in [0, 0.05) is 22.7 Å². The quantitative estimate of drug-likeness (QED) is 0.838. The number of nitrogens with zero attached hydrogens (tertiary/aromatic N) is 1. The van der Waals surface area contributed by atoms with E-state index in [1.165, 1.54) is 0 Å². The van der Waals surface area contributed by atoms with Crippen LogP contribution < -0.4 is 5.73 Å². The first-order chi connectivity index (χ1) is 12.6. The average molecular weight is 369 g/mol. The number of aryl methyl sites for hydroxylation is 1. The molecule has 1 fully saturated rings. The molecular formula is C22H25ClN2O. The standard InChI is InChI=1S/C22H25ClN2O/c1-14-10-11-17(18(23)12-14)21-13-15-6-2-3-7-16(15)22(26)25(21)20-9-5-4-8-19(20)24/h2-3,6-7,10-12,19-21H,4-5,8-9,13,24H2,1H3/t19?,20-,21+/m0/s1. The van der Waals surface area contributed by atoms with E-state index in [-0.39, 0.29) is 24.0 Å². The topological polar surface area (TPSA) is 46.3 Å². The zero-order chi connectivity index (χ0) is 18.3. The molecule has 0 spiro atoms. The average Bonchev–Trinajstić information content (AvgIpc) is 2.63. The molecule has 0 saturated heterocycles. The largest absolute Gasteiger partial charge is 0.327 e. The number of nitrogens with two attached hydrogens (primary N) is 1. The van der Waals surface area contributed by atoms with Crippen LogP contribution in [0.1, 0.15) is 58.8 Å². The second-order valence-corrected chi connectivity index (χ2v) is 8.04. The highest BCUT2D eigenvalue weighted by atomic mass is 35.5. The minimum absolute atomic E-state index is 0.0321. The predicted octanol–water partition coefficient (Wildman–Crippen LogP) is 4.66. The number of carbonyl (C=O) groups is 1. The number of benzene rings is 2. The maximum absolute atomic E-state index is 13.5. The molecule has 26 heavy (non-hydrogen) atoms. The molecule has 1 heterocycles. The third kappa shape index (κ3) is 3.04. The lowest BCUT2D eigenvalue weighted by Gasteiger charge is -2.46. The minimum atomic E-state index is -0.0559. The maximum atomic E-state index is 13.5. The van der Waals surface area contributed by atoms with Crippen LogP contribution in [0.15, 0.2) is 42.5 Å². The van der Waals surface area contributed by atoms with Gasteiger partial charge < -0.3 is 10.6 Å². The van der Waals surface area contributed by atoms with Crippen LogP contribution in [-0.4, -0.2) is 22.9 Å². The summed E-state index contributed by atoms with van der Waals surface area (Å²) in [7, 11) is 0. The zero-order valence-corrected chi connectivity index (χ0v) is 15.9. The SMILES string of the molecule is Cc1ccc([C@H]2Cc3ccccc3C(=O)N2[C@H]2CCCCC2N)c(Cl)c1. The summed E-state index contributed by atoms with van der Waals surface area (Å²) in [6.07, 6.45) is 5.00. The van der Waals surface area contributed by atoms with Crippen molar-refractivity contribution in [3.05, 3.63) is 69.7 Å². The lowest BCUT2D eigenvalue weighted by Crippen LogP contribution is -2.55. The Kier molecular flexibility index (Phi) is 4.76. The summed E-state index contributed by atoms with van der Waals surface area (Å²) in [5, 5.41) is 0.733. The van der Waals surface area contributed by atoms with Gasteiger partial charge in [-0.15, -0.1) is 0 Å². The summed E-state index contributed by atoms with van der Waals surface area (Å²) in [4.78, 5) is 15.5. The number of halogens is 1. The number of amides is 1. The molecule has 2 aliphatic rings. The fraction of sp³-hybridized carbons (Fsp3) is 0.409. The number of hydrogen-bond acceptors (Lipinski definition) is 2. The van der Waals surface area contributed by atoms with E-state index in [0.717, 1.165) is 59.4 Å². The Morgan fingerprint density at radius 1 is 1.12 bits per heavy atom. The minimum Gasteiger partial charge on any atom is -0.327 e. The molecular weight excluding hydrogens is 344 g/mol. The molecule has 0 radical (unpaired) electrons. The molecule has 1 amide bonds. The Morgan fingerprint density at radius 2 is 1.88 bits per heavy atom. The highest BCUT2D eigenvalue weighted by molar-refractivity contribution is 6.31. The van der Waals surface area contributed by atoms with E-state index in [2.05, 4.69) is 18.2 Å². The Morgan fingerprint density at radius 3 is 2.65 bits per heavy atom. The van der Waals surface area contributed by atoms with E-state index in [9.17, 15) is 4.79 Å². The Balaban J connectivity index is 1.82. The van der Waals surface area contributed by atoms with Crippen molar-refractivity contribution in [2.75, 3.05) is 0 Å². The van der Waals surface area contributed by atoms with Crippen molar-refractivity contribution in [2.45, 2.75) is 57.2 Å². The van der Waals surface area contributed by atoms with E-state index >= 15 is 0 Å². The van der Waals surface area contributed by atoms with Crippen molar-refractivity contribution in [3.63, 3.8) is 0 Å². The summed E-state index contributed by atoms with van der Waals surface area (Å²) in [5.74, 6) is 0.0934. The highest BCUT2D eigenvalue weighted by Gasteiger charge is 2.40. The monoisotopic (exact) mass is 368 g/mol. The molecule has 136 valence electrons. The van der Waals surface area contributed by atoms with Gasteiger partial charge in [-0.1, -0.05) is 54.8 Å². The molecule has 0 aromatic heterocycles. The van der Waals surface area contributed by atoms with Gasteiger partial charge in [0.1, 0.15) is 0 Å². The van der Waals surface area contributed by atoms with Gasteiger partial charge in [0.15, 0.2) is 0 Å². The molecule has 3 atom stereocenters. The second-order valence-electron chi connectivity index (χ2n) is 7.63. The molecule has 2 aromatic rings. The molecule has 4 rings (SSSR count). The fourth-order valence-electron chi connectivity index (χ4n) is 4.52. The van der Waals surface area contributed by atoms with Crippen LogP contribution >= 0.6 is 11.6 Å². The molecule has 0 bridgehead atoms. The number of carbonyl (C=O) groups excluding carboxylic acids is 1. The lowest BCUT2D eigenvalue weighted by atomic mass is 9.83. The van der Waals surface area contributed by atoms with Crippen molar-refractivity contribution < 1.29 is 4.79 Å². The van der Waals surface area contributed by atoms with Gasteiger partial charge in [-0.3, -0.25) is 4.79 Å². The first kappa shape index (κ1) is 17.6. The van der Waals surface area contributed by atoms with E-state index in [4.69, 9.17) is 17.3 Å². The zero-order valence-electron chi connectivity index (χ0n) is 15.1. The van der Waals surface area contributed by atoms with Gasteiger partial charge in [0.05, 0.1) is 6.04 Å². The van der Waals surface area contributed by atoms with Crippen LogP contribution in [0.4, 0.5) is 0 Å². The molecule has 3 nitrogen and oxygen atoms in total. The maximum Gasteiger partial charge on any atom is 0.254 e. The van der Waals surface area contributed by atoms with E-state index in [0.29, 0.717) is 0 Å². The molecule has 2 N–H and O–H groups in total. The fourth-order valence-corrected chi connectivity index (χ4v) is 4.88. The second kappa shape index (κ2) is 7.05. The van der Waals surface area contributed by atoms with Crippen molar-refractivity contribution in [2.24, 2.45) is 5.73 Å². The molecule has 1 aliphatic heterocycles. The summed E-state index contributed by atoms with van der Waals surface area (Å²) in [6, 6.07) is 14.1. The van der Waals surface area contributed by atoms with Crippen LogP contribution in [-0.2, 0) is 6.42 Å². The number of rotatable bonds is 2. The van der Waals surface area contributed by atoms with Gasteiger partial charge >= 0.3 is 0 Å². The Labute approximate surface area is 160 Å². The van der Waals surface area contributed by atoms with E-state index < -0.39 is 0 Å². The van der Waals surface area contributed by atoms with Gasteiger partial charge in [0.2, 0.25) is 0 Å². The molecule has 2 aromatic carbocycles. The van der Waals surface area contributed by atoms with Crippen molar-refractivity contribution in [1.82, 2.24) is 4.90 Å². The van der Waals surface area contributed by atoms with Crippen molar-refractivity contribution >= 4 is 17.5 Å². The summed E-state index contributed by atoms with van der Waals surface area (Å²) in [6.45, 7) is 2.03. The third-order valence-corrected chi connectivity index (χ3v) is 6.21. The smallest absolute Gasteiger partial charge is 0.254 e. The van der Waals surface area contributed by atoms with Crippen LogP contribution in [0.5, 0.6) is 0 Å². The third-order valence-electron chi connectivity index (χ3n) is 5.89. The normalized spacial score (nSPS) is 25.9.